The molecule has 1 aromatic rings. The van der Waals surface area contributed by atoms with Crippen LogP contribution in [0.3, 0.4) is 0 Å². The minimum atomic E-state index is -0.316. The summed E-state index contributed by atoms with van der Waals surface area (Å²) in [5, 5.41) is 2.44. The molecule has 6 heteroatoms. The highest BCUT2D eigenvalue weighted by atomic mass is 16.5. The van der Waals surface area contributed by atoms with E-state index in [1.165, 1.54) is 27.3 Å². The first kappa shape index (κ1) is 10.2. The minimum absolute atomic E-state index is 0.1000. The zero-order chi connectivity index (χ0) is 10.6. The molecule has 1 heterocycles. The van der Waals surface area contributed by atoms with Crippen LogP contribution in [-0.4, -0.2) is 37.1 Å². The van der Waals surface area contributed by atoms with E-state index in [2.05, 4.69) is 15.3 Å². The maximum atomic E-state index is 11.2. The molecule has 76 valence electrons. The average molecular weight is 197 g/mol. The molecule has 0 spiro atoms. The Kier molecular flexibility index (Phi) is 3.22. The Hall–Kier alpha value is -1.85. The van der Waals surface area contributed by atoms with Gasteiger partial charge in [0.1, 0.15) is 5.69 Å². The zero-order valence-corrected chi connectivity index (χ0v) is 8.20. The van der Waals surface area contributed by atoms with Crippen LogP contribution >= 0.6 is 0 Å². The molecule has 0 bridgehead atoms. The van der Waals surface area contributed by atoms with Gasteiger partial charge in [-0.05, 0) is 0 Å². The maximum absolute atomic E-state index is 11.2. The monoisotopic (exact) mass is 197 g/mol. The molecule has 1 rings (SSSR count). The van der Waals surface area contributed by atoms with Gasteiger partial charge in [-0.3, -0.25) is 4.79 Å². The number of hydrogen-bond acceptors (Lipinski definition) is 5. The van der Waals surface area contributed by atoms with E-state index < -0.39 is 0 Å². The highest BCUT2D eigenvalue weighted by molar-refractivity contribution is 5.92. The van der Waals surface area contributed by atoms with Gasteiger partial charge in [-0.1, -0.05) is 0 Å². The van der Waals surface area contributed by atoms with Crippen molar-refractivity contribution in [2.75, 3.05) is 21.3 Å². The molecule has 0 aliphatic carbocycles. The lowest BCUT2D eigenvalue weighted by molar-refractivity contribution is 0.0956. The molecule has 0 radical (unpaired) electrons. The van der Waals surface area contributed by atoms with Crippen molar-refractivity contribution in [3.63, 3.8) is 0 Å². The highest BCUT2D eigenvalue weighted by Crippen LogP contribution is 2.12. The predicted molar refractivity (Wildman–Crippen MR) is 48.5 cm³/mol. The lowest BCUT2D eigenvalue weighted by Crippen LogP contribution is -2.19. The maximum Gasteiger partial charge on any atom is 0.320 e. The van der Waals surface area contributed by atoms with Crippen LogP contribution < -0.4 is 14.8 Å². The standard InChI is InChI=1S/C8H11N3O3/c1-9-7(12)5-4-6(13-2)11-8(10-5)14-3/h4H,1-3H3,(H,9,12). The van der Waals surface area contributed by atoms with Crippen molar-refractivity contribution in [3.05, 3.63) is 11.8 Å². The minimum Gasteiger partial charge on any atom is -0.481 e. The van der Waals surface area contributed by atoms with E-state index in [4.69, 9.17) is 9.47 Å². The molecule has 1 N–H and O–H groups in total. The van der Waals surface area contributed by atoms with E-state index in [9.17, 15) is 4.79 Å². The lowest BCUT2D eigenvalue weighted by atomic mass is 10.4. The number of hydrogen-bond donors (Lipinski definition) is 1. The Morgan fingerprint density at radius 1 is 1.36 bits per heavy atom. The van der Waals surface area contributed by atoms with Gasteiger partial charge in [-0.15, -0.1) is 0 Å². The molecule has 6 nitrogen and oxygen atoms in total. The summed E-state index contributed by atoms with van der Waals surface area (Å²) in [5.41, 5.74) is 0.205. The zero-order valence-electron chi connectivity index (χ0n) is 8.20. The Balaban J connectivity index is 3.10. The molecule has 14 heavy (non-hydrogen) atoms. The van der Waals surface area contributed by atoms with Gasteiger partial charge >= 0.3 is 6.01 Å². The van der Waals surface area contributed by atoms with Crippen molar-refractivity contribution < 1.29 is 14.3 Å². The number of nitrogens with zero attached hydrogens (tertiary/aromatic N) is 2. The Morgan fingerprint density at radius 3 is 2.57 bits per heavy atom. The van der Waals surface area contributed by atoms with Crippen LogP contribution in [0.25, 0.3) is 0 Å². The van der Waals surface area contributed by atoms with Gasteiger partial charge in [-0.2, -0.15) is 9.97 Å². The fraction of sp³-hybridized carbons (Fsp3) is 0.375. The van der Waals surface area contributed by atoms with Gasteiger partial charge in [-0.25, -0.2) is 0 Å². The number of amides is 1. The smallest absolute Gasteiger partial charge is 0.320 e. The molecule has 0 aromatic carbocycles. The first-order valence-corrected chi connectivity index (χ1v) is 3.90. The molecule has 0 aliphatic heterocycles. The van der Waals surface area contributed by atoms with Crippen LogP contribution in [0.15, 0.2) is 6.07 Å². The van der Waals surface area contributed by atoms with E-state index in [0.717, 1.165) is 0 Å². The summed E-state index contributed by atoms with van der Waals surface area (Å²) >= 11 is 0. The van der Waals surface area contributed by atoms with Crippen LogP contribution in [0.5, 0.6) is 11.9 Å². The summed E-state index contributed by atoms with van der Waals surface area (Å²) in [6.45, 7) is 0. The summed E-state index contributed by atoms with van der Waals surface area (Å²) in [6, 6.07) is 1.53. The van der Waals surface area contributed by atoms with Crippen LogP contribution in [-0.2, 0) is 0 Å². The molecule has 1 amide bonds. The Morgan fingerprint density at radius 2 is 2.07 bits per heavy atom. The third kappa shape index (κ3) is 2.09. The van der Waals surface area contributed by atoms with Gasteiger partial charge in [0.15, 0.2) is 0 Å². The molecule has 0 saturated carbocycles. The predicted octanol–water partition coefficient (Wildman–Crippen LogP) is -0.147. The van der Waals surface area contributed by atoms with E-state index in [1.54, 1.807) is 0 Å². The number of methoxy groups -OCH3 is 2. The summed E-state index contributed by atoms with van der Waals surface area (Å²) in [6.07, 6.45) is 0. The van der Waals surface area contributed by atoms with Crippen molar-refractivity contribution in [3.8, 4) is 11.9 Å². The number of aromatic nitrogens is 2. The second kappa shape index (κ2) is 4.40. The van der Waals surface area contributed by atoms with Crippen LogP contribution in [0.2, 0.25) is 0 Å². The number of carbonyl (C=O) groups excluding carboxylic acids is 1. The van der Waals surface area contributed by atoms with Gasteiger partial charge in [0, 0.05) is 13.1 Å². The van der Waals surface area contributed by atoms with Gasteiger partial charge < -0.3 is 14.8 Å². The largest absolute Gasteiger partial charge is 0.481 e. The van der Waals surface area contributed by atoms with Crippen molar-refractivity contribution in [1.29, 1.82) is 0 Å². The molecular formula is C8H11N3O3. The average Bonchev–Trinajstić information content (AvgIpc) is 2.27. The quantitative estimate of drug-likeness (QED) is 0.729. The summed E-state index contributed by atoms with van der Waals surface area (Å²) < 4.78 is 9.69. The molecule has 0 atom stereocenters. The molecule has 0 fully saturated rings. The number of rotatable bonds is 3. The molecule has 1 aromatic heterocycles. The van der Waals surface area contributed by atoms with Crippen molar-refractivity contribution in [2.24, 2.45) is 0 Å². The van der Waals surface area contributed by atoms with Crippen LogP contribution in [0, 0.1) is 0 Å². The van der Waals surface area contributed by atoms with E-state index in [0.29, 0.717) is 0 Å². The van der Waals surface area contributed by atoms with Crippen LogP contribution in [0.4, 0.5) is 0 Å². The normalized spacial score (nSPS) is 9.36. The lowest BCUT2D eigenvalue weighted by Gasteiger charge is -2.04. The number of carbonyl (C=O) groups is 1. The summed E-state index contributed by atoms with van der Waals surface area (Å²) in [7, 11) is 4.39. The van der Waals surface area contributed by atoms with Crippen molar-refractivity contribution in [1.82, 2.24) is 15.3 Å². The van der Waals surface area contributed by atoms with E-state index >= 15 is 0 Å². The topological polar surface area (TPSA) is 73.3 Å². The van der Waals surface area contributed by atoms with E-state index in [1.807, 2.05) is 0 Å². The molecule has 0 unspecified atom stereocenters. The van der Waals surface area contributed by atoms with Crippen LogP contribution in [0.1, 0.15) is 10.5 Å². The third-order valence-corrected chi connectivity index (χ3v) is 1.53. The fourth-order valence-corrected chi connectivity index (χ4v) is 0.844. The first-order valence-electron chi connectivity index (χ1n) is 3.90. The number of nitrogens with one attached hydrogen (secondary N) is 1. The van der Waals surface area contributed by atoms with Gasteiger partial charge in [0.2, 0.25) is 5.88 Å². The van der Waals surface area contributed by atoms with Gasteiger partial charge in [0.25, 0.3) is 5.91 Å². The molecule has 0 aliphatic rings. The van der Waals surface area contributed by atoms with Crippen molar-refractivity contribution >= 4 is 5.91 Å². The molecule has 0 saturated heterocycles. The number of ether oxygens (including phenoxy) is 2. The summed E-state index contributed by atoms with van der Waals surface area (Å²) in [5.74, 6) is -0.0283. The first-order chi connectivity index (χ1) is 6.71. The second-order valence-electron chi connectivity index (χ2n) is 2.36. The Bertz CT molecular complexity index is 318. The highest BCUT2D eigenvalue weighted by Gasteiger charge is 2.10. The molecular weight excluding hydrogens is 186 g/mol. The fourth-order valence-electron chi connectivity index (χ4n) is 0.844. The third-order valence-electron chi connectivity index (χ3n) is 1.53. The Labute approximate surface area is 81.3 Å². The van der Waals surface area contributed by atoms with Crippen molar-refractivity contribution in [2.45, 2.75) is 0 Å². The SMILES string of the molecule is CNC(=O)c1cc(OC)nc(OC)n1. The second-order valence-corrected chi connectivity index (χ2v) is 2.36. The van der Waals surface area contributed by atoms with Gasteiger partial charge in [0.05, 0.1) is 14.2 Å². The van der Waals surface area contributed by atoms with E-state index in [-0.39, 0.29) is 23.5 Å². The summed E-state index contributed by atoms with van der Waals surface area (Å²) in [4.78, 5) is 18.9.